The van der Waals surface area contributed by atoms with Gasteiger partial charge in [0.2, 0.25) is 5.88 Å². The molecule has 0 spiro atoms. The Morgan fingerprint density at radius 3 is 2.69 bits per heavy atom. The molecule has 2 bridgehead atoms. The number of carbonyl (C=O) groups is 2. The number of halogens is 3. The normalized spacial score (nSPS) is 22.4. The number of ether oxygens (including phenoxy) is 3. The van der Waals surface area contributed by atoms with Crippen molar-refractivity contribution in [1.29, 1.82) is 0 Å². The Morgan fingerprint density at radius 2 is 2.03 bits per heavy atom. The van der Waals surface area contributed by atoms with Crippen LogP contribution in [0, 0.1) is 5.92 Å². The summed E-state index contributed by atoms with van der Waals surface area (Å²) in [6.45, 7) is 6.46. The third-order valence-electron chi connectivity index (χ3n) is 6.87. The fourth-order valence-electron chi connectivity index (χ4n) is 4.78. The van der Waals surface area contributed by atoms with E-state index < -0.39 is 36.1 Å². The lowest BCUT2D eigenvalue weighted by Gasteiger charge is -2.35. The summed E-state index contributed by atoms with van der Waals surface area (Å²) < 4.78 is 55.7. The van der Waals surface area contributed by atoms with Crippen molar-refractivity contribution in [3.05, 3.63) is 30.0 Å². The minimum atomic E-state index is -4.49. The molecule has 2 aromatic rings. The van der Waals surface area contributed by atoms with Crippen LogP contribution in [0.25, 0.3) is 0 Å². The lowest BCUT2D eigenvalue weighted by atomic mass is 10.0. The van der Waals surface area contributed by atoms with Gasteiger partial charge in [-0.25, -0.2) is 9.78 Å². The number of fused-ring (bicyclic) bond motifs is 4. The number of Topliss-reactive ketones (excluding diaryl/α,β-unsaturated/α-hetero) is 1. The molecule has 11 nitrogen and oxygen atoms in total. The van der Waals surface area contributed by atoms with Crippen LogP contribution < -0.4 is 19.9 Å². The highest BCUT2D eigenvalue weighted by Gasteiger charge is 2.42. The summed E-state index contributed by atoms with van der Waals surface area (Å²) in [6, 6.07) is 5.37. The summed E-state index contributed by atoms with van der Waals surface area (Å²) in [7, 11) is 0. The Kier molecular flexibility index (Phi) is 7.10. The molecule has 14 heteroatoms. The molecular weight excluding hydrogens is 521 g/mol. The predicted molar refractivity (Wildman–Crippen MR) is 133 cm³/mol. The summed E-state index contributed by atoms with van der Waals surface area (Å²) in [5.74, 6) is -2.58. The number of anilines is 3. The Balaban J connectivity index is 1.27. The first kappa shape index (κ1) is 27.1. The Hall–Kier alpha value is -3.52. The summed E-state index contributed by atoms with van der Waals surface area (Å²) in [6.07, 6.45) is -4.79. The first-order valence-corrected chi connectivity index (χ1v) is 12.6. The number of ketones is 1. The number of rotatable bonds is 7. The zero-order chi connectivity index (χ0) is 27.9. The van der Waals surface area contributed by atoms with Crippen LogP contribution in [-0.2, 0) is 9.47 Å². The highest BCUT2D eigenvalue weighted by molar-refractivity contribution is 6.05. The molecule has 210 valence electrons. The molecule has 5 rings (SSSR count). The molecule has 3 aliphatic heterocycles. The maximum absolute atomic E-state index is 13.3. The van der Waals surface area contributed by atoms with Crippen LogP contribution >= 0.6 is 0 Å². The van der Waals surface area contributed by atoms with E-state index in [1.807, 2.05) is 18.7 Å². The second kappa shape index (κ2) is 10.2. The van der Waals surface area contributed by atoms with E-state index in [1.54, 1.807) is 12.1 Å². The summed E-state index contributed by atoms with van der Waals surface area (Å²) >= 11 is 0. The Morgan fingerprint density at radius 1 is 1.23 bits per heavy atom. The first-order chi connectivity index (χ1) is 18.4. The van der Waals surface area contributed by atoms with E-state index in [9.17, 15) is 22.8 Å². The van der Waals surface area contributed by atoms with Crippen molar-refractivity contribution < 1.29 is 37.0 Å². The van der Waals surface area contributed by atoms with Gasteiger partial charge in [0.1, 0.15) is 18.4 Å². The number of carbonyl (C=O) groups excluding carboxylic acids is 2. The van der Waals surface area contributed by atoms with Crippen LogP contribution in [0.5, 0.6) is 5.88 Å². The van der Waals surface area contributed by atoms with Crippen molar-refractivity contribution in [2.45, 2.75) is 57.7 Å². The van der Waals surface area contributed by atoms with Gasteiger partial charge in [-0.15, -0.1) is 10.2 Å². The van der Waals surface area contributed by atoms with Crippen LogP contribution in [-0.4, -0.2) is 77.4 Å². The predicted octanol–water partition coefficient (Wildman–Crippen LogP) is 3.80. The van der Waals surface area contributed by atoms with Gasteiger partial charge in [0.25, 0.3) is 0 Å². The maximum atomic E-state index is 13.3. The number of hydrogen-bond acceptors (Lipinski definition) is 9. The molecule has 39 heavy (non-hydrogen) atoms. The molecule has 0 aromatic carbocycles. The second-order valence-corrected chi connectivity index (χ2v) is 10.3. The number of aromatic nitrogens is 3. The smallest absolute Gasteiger partial charge is 0.391 e. The van der Waals surface area contributed by atoms with E-state index in [4.69, 9.17) is 14.2 Å². The largest absolute Gasteiger partial charge is 0.474 e. The molecular formula is C25H29F3N6O5. The molecule has 0 saturated carbocycles. The van der Waals surface area contributed by atoms with E-state index in [1.165, 1.54) is 17.0 Å². The quantitative estimate of drug-likeness (QED) is 0.514. The van der Waals surface area contributed by atoms with Gasteiger partial charge < -0.3 is 19.1 Å². The minimum absolute atomic E-state index is 0.119. The van der Waals surface area contributed by atoms with Crippen LogP contribution in [0.2, 0.25) is 0 Å². The standard InChI is InChI=1S/C25H29F3N6O5/c1-14(25(26,27)28)10-19(35)17-4-5-18-22(29-17)34(15-8-9-33(18)11-15)23(36)30-20-6-7-21(32-31-20)37-12-16-13-38-24(2,3)39-16/h4-7,14-16H,8-13H2,1-3H3,(H,30,31,36)/t14-,15-,16-/m0/s1. The lowest BCUT2D eigenvalue weighted by molar-refractivity contribution is -0.168. The van der Waals surface area contributed by atoms with Gasteiger partial charge in [0, 0.05) is 25.6 Å². The molecule has 2 amide bonds. The molecule has 0 aliphatic carbocycles. The number of nitrogens with zero attached hydrogens (tertiary/aromatic N) is 5. The molecule has 1 N–H and O–H groups in total. The minimum Gasteiger partial charge on any atom is -0.474 e. The molecule has 0 unspecified atom stereocenters. The van der Waals surface area contributed by atoms with Crippen molar-refractivity contribution in [1.82, 2.24) is 15.2 Å². The number of pyridine rings is 1. The zero-order valence-electron chi connectivity index (χ0n) is 21.7. The van der Waals surface area contributed by atoms with E-state index in [0.717, 1.165) is 6.92 Å². The van der Waals surface area contributed by atoms with Crippen molar-refractivity contribution >= 4 is 29.1 Å². The second-order valence-electron chi connectivity index (χ2n) is 10.3. The molecule has 3 aliphatic rings. The third kappa shape index (κ3) is 5.91. The Bertz CT molecular complexity index is 1240. The average Bonchev–Trinajstić information content (AvgIpc) is 3.45. The molecule has 2 saturated heterocycles. The van der Waals surface area contributed by atoms with Crippen LogP contribution in [0.15, 0.2) is 24.3 Å². The van der Waals surface area contributed by atoms with Gasteiger partial charge in [-0.1, -0.05) is 6.92 Å². The fourth-order valence-corrected chi connectivity index (χ4v) is 4.78. The van der Waals surface area contributed by atoms with Gasteiger partial charge in [-0.3, -0.25) is 15.0 Å². The topological polar surface area (TPSA) is 119 Å². The summed E-state index contributed by atoms with van der Waals surface area (Å²) in [5.41, 5.74) is 0.516. The summed E-state index contributed by atoms with van der Waals surface area (Å²) in [4.78, 5) is 33.8. The van der Waals surface area contributed by atoms with Crippen LogP contribution in [0.1, 0.15) is 44.1 Å². The highest BCUT2D eigenvalue weighted by atomic mass is 19.4. The number of nitrogens with one attached hydrogen (secondary N) is 1. The van der Waals surface area contributed by atoms with E-state index in [2.05, 4.69) is 20.5 Å². The monoisotopic (exact) mass is 550 g/mol. The third-order valence-corrected chi connectivity index (χ3v) is 6.87. The maximum Gasteiger partial charge on any atom is 0.391 e. The summed E-state index contributed by atoms with van der Waals surface area (Å²) in [5, 5.41) is 10.7. The van der Waals surface area contributed by atoms with Gasteiger partial charge in [-0.05, 0) is 38.5 Å². The van der Waals surface area contributed by atoms with E-state index >= 15 is 0 Å². The molecule has 3 atom stereocenters. The van der Waals surface area contributed by atoms with Gasteiger partial charge >= 0.3 is 12.2 Å². The lowest BCUT2D eigenvalue weighted by Crippen LogP contribution is -2.48. The van der Waals surface area contributed by atoms with Gasteiger partial charge in [0.05, 0.1) is 24.3 Å². The van der Waals surface area contributed by atoms with Gasteiger partial charge in [-0.2, -0.15) is 13.2 Å². The molecule has 5 heterocycles. The molecule has 2 fully saturated rings. The number of amides is 2. The number of urea groups is 1. The van der Waals surface area contributed by atoms with Gasteiger partial charge in [0.15, 0.2) is 23.2 Å². The van der Waals surface area contributed by atoms with Crippen LogP contribution in [0.3, 0.4) is 0 Å². The number of alkyl halides is 3. The van der Waals surface area contributed by atoms with E-state index in [0.29, 0.717) is 31.8 Å². The SMILES string of the molecule is C[C@@H](CC(=O)c1ccc2c(n1)N(C(=O)Nc1ccc(OC[C@H]3COC(C)(C)O3)nn1)[C@H]1CCN2C1)C(F)(F)F. The highest BCUT2D eigenvalue weighted by Crippen LogP contribution is 2.39. The Labute approximate surface area is 222 Å². The van der Waals surface area contributed by atoms with Crippen molar-refractivity contribution in [3.63, 3.8) is 0 Å². The van der Waals surface area contributed by atoms with Crippen molar-refractivity contribution in [2.24, 2.45) is 5.92 Å². The average molecular weight is 551 g/mol. The molecule has 0 radical (unpaired) electrons. The fraction of sp³-hybridized carbons (Fsp3) is 0.560. The molecule has 2 aromatic heterocycles. The zero-order valence-corrected chi connectivity index (χ0v) is 21.7. The first-order valence-electron chi connectivity index (χ1n) is 12.6. The van der Waals surface area contributed by atoms with Crippen LogP contribution in [0.4, 0.5) is 35.3 Å². The van der Waals surface area contributed by atoms with Crippen molar-refractivity contribution in [2.75, 3.05) is 41.4 Å². The van der Waals surface area contributed by atoms with E-state index in [-0.39, 0.29) is 42.0 Å². The number of hydrogen-bond donors (Lipinski definition) is 1. The van der Waals surface area contributed by atoms with Crippen molar-refractivity contribution in [3.8, 4) is 5.88 Å².